The van der Waals surface area contributed by atoms with Gasteiger partial charge in [-0.1, -0.05) is 38.3 Å². The van der Waals surface area contributed by atoms with Crippen LogP contribution in [0.2, 0.25) is 0 Å². The first-order valence-corrected chi connectivity index (χ1v) is 12.0. The molecular weight excluding hydrogens is 328 g/mol. The van der Waals surface area contributed by atoms with Crippen molar-refractivity contribution in [2.45, 2.75) is 90.4 Å². The summed E-state index contributed by atoms with van der Waals surface area (Å²) in [7, 11) is 0. The lowest BCUT2D eigenvalue weighted by atomic mass is 9.60. The highest BCUT2D eigenvalue weighted by Crippen LogP contribution is 2.51. The number of rotatable bonds is 5. The van der Waals surface area contributed by atoms with Crippen molar-refractivity contribution in [2.24, 2.45) is 29.6 Å². The highest BCUT2D eigenvalue weighted by Gasteiger charge is 2.38. The van der Waals surface area contributed by atoms with E-state index in [-0.39, 0.29) is 0 Å². The van der Waals surface area contributed by atoms with Gasteiger partial charge in [0, 0.05) is 0 Å². The fourth-order valence-corrected chi connectivity index (χ4v) is 6.73. The minimum Gasteiger partial charge on any atom is -0.494 e. The van der Waals surface area contributed by atoms with E-state index in [4.69, 9.17) is 4.74 Å². The van der Waals surface area contributed by atoms with E-state index in [1.54, 1.807) is 12.0 Å². The summed E-state index contributed by atoms with van der Waals surface area (Å²) in [6, 6.07) is 9.00. The maximum atomic E-state index is 5.62. The molecule has 0 radical (unpaired) electrons. The fourth-order valence-electron chi connectivity index (χ4n) is 6.73. The first-order valence-electron chi connectivity index (χ1n) is 12.0. The maximum Gasteiger partial charge on any atom is 0.119 e. The van der Waals surface area contributed by atoms with E-state index in [9.17, 15) is 0 Å². The molecule has 0 bridgehead atoms. The molecule has 150 valence electrons. The number of fused-ring (bicyclic) bond motifs is 1. The van der Waals surface area contributed by atoms with Crippen LogP contribution in [0.1, 0.15) is 96.0 Å². The van der Waals surface area contributed by atoms with Crippen molar-refractivity contribution in [3.63, 3.8) is 0 Å². The van der Waals surface area contributed by atoms with E-state index in [0.717, 1.165) is 47.9 Å². The first kappa shape index (κ1) is 19.3. The Morgan fingerprint density at radius 1 is 0.704 bits per heavy atom. The van der Waals surface area contributed by atoms with Gasteiger partial charge in [-0.05, 0) is 111 Å². The minimum absolute atomic E-state index is 0.758. The summed E-state index contributed by atoms with van der Waals surface area (Å²) in [4.78, 5) is 0. The second-order valence-electron chi connectivity index (χ2n) is 9.79. The van der Waals surface area contributed by atoms with Crippen LogP contribution in [0.3, 0.4) is 0 Å². The maximum absolute atomic E-state index is 5.62. The third-order valence-corrected chi connectivity index (χ3v) is 8.45. The highest BCUT2D eigenvalue weighted by molar-refractivity contribution is 5.29. The molecule has 0 saturated heterocycles. The molecule has 0 N–H and O–H groups in total. The van der Waals surface area contributed by atoms with E-state index < -0.39 is 0 Å². The lowest BCUT2D eigenvalue weighted by molar-refractivity contribution is 0.0716. The number of benzene rings is 1. The molecule has 4 unspecified atom stereocenters. The SMILES string of the molecule is CCOc1ccc(C2CCC3CC(C4CCC(CC)CC4)CCC3C2)cc1. The molecule has 3 aliphatic rings. The number of hydrogen-bond acceptors (Lipinski definition) is 1. The summed E-state index contributed by atoms with van der Waals surface area (Å²) >= 11 is 0. The Kier molecular flexibility index (Phi) is 6.46. The van der Waals surface area contributed by atoms with Gasteiger partial charge in [-0.15, -0.1) is 0 Å². The van der Waals surface area contributed by atoms with E-state index in [2.05, 4.69) is 38.1 Å². The van der Waals surface area contributed by atoms with E-state index in [1.807, 2.05) is 0 Å². The summed E-state index contributed by atoms with van der Waals surface area (Å²) in [5, 5.41) is 0. The predicted octanol–water partition coefficient (Wildman–Crippen LogP) is 7.60. The standard InChI is InChI=1S/C26H40O/c1-3-19-5-7-20(8-6-19)22-9-11-25-18-23(10-12-24(25)17-22)21-13-15-26(16-14-21)27-4-2/h13-16,19-20,22-25H,3-12,17-18H2,1-2H3. The third kappa shape index (κ3) is 4.54. The van der Waals surface area contributed by atoms with Crippen LogP contribution in [0.5, 0.6) is 5.75 Å². The fraction of sp³-hybridized carbons (Fsp3) is 0.769. The average Bonchev–Trinajstić information content (AvgIpc) is 2.74. The van der Waals surface area contributed by atoms with Crippen molar-refractivity contribution >= 4 is 0 Å². The number of ether oxygens (including phenoxy) is 1. The van der Waals surface area contributed by atoms with Gasteiger partial charge in [0.1, 0.15) is 5.75 Å². The van der Waals surface area contributed by atoms with Gasteiger partial charge in [0.15, 0.2) is 0 Å². The van der Waals surface area contributed by atoms with E-state index >= 15 is 0 Å². The zero-order valence-electron chi connectivity index (χ0n) is 17.7. The van der Waals surface area contributed by atoms with Crippen LogP contribution in [-0.4, -0.2) is 6.61 Å². The molecule has 1 aromatic rings. The second-order valence-corrected chi connectivity index (χ2v) is 9.79. The molecule has 3 fully saturated rings. The summed E-state index contributed by atoms with van der Waals surface area (Å²) < 4.78 is 5.62. The molecule has 0 aromatic heterocycles. The molecule has 0 spiro atoms. The Morgan fingerprint density at radius 2 is 1.30 bits per heavy atom. The van der Waals surface area contributed by atoms with E-state index in [0.29, 0.717) is 0 Å². The summed E-state index contributed by atoms with van der Waals surface area (Å²) in [5.41, 5.74) is 1.55. The van der Waals surface area contributed by atoms with E-state index in [1.165, 1.54) is 64.2 Å². The molecule has 1 nitrogen and oxygen atoms in total. The molecule has 27 heavy (non-hydrogen) atoms. The zero-order valence-corrected chi connectivity index (χ0v) is 17.7. The monoisotopic (exact) mass is 368 g/mol. The molecule has 1 heteroatoms. The van der Waals surface area contributed by atoms with Gasteiger partial charge in [-0.3, -0.25) is 0 Å². The van der Waals surface area contributed by atoms with Crippen LogP contribution >= 0.6 is 0 Å². The molecular formula is C26H40O. The summed E-state index contributed by atoms with van der Waals surface area (Å²) in [6.07, 6.45) is 16.4. The van der Waals surface area contributed by atoms with Gasteiger partial charge >= 0.3 is 0 Å². The Bertz CT molecular complexity index is 568. The molecule has 3 saturated carbocycles. The lowest BCUT2D eigenvalue weighted by Gasteiger charge is -2.45. The largest absolute Gasteiger partial charge is 0.494 e. The van der Waals surface area contributed by atoms with Crippen molar-refractivity contribution in [1.82, 2.24) is 0 Å². The van der Waals surface area contributed by atoms with Crippen molar-refractivity contribution in [3.05, 3.63) is 29.8 Å². The van der Waals surface area contributed by atoms with Crippen LogP contribution in [0.15, 0.2) is 24.3 Å². The Labute approximate surface area is 167 Å². The van der Waals surface area contributed by atoms with Crippen molar-refractivity contribution in [3.8, 4) is 5.75 Å². The van der Waals surface area contributed by atoms with Crippen LogP contribution in [0, 0.1) is 29.6 Å². The van der Waals surface area contributed by atoms with Gasteiger partial charge < -0.3 is 4.74 Å². The Hall–Kier alpha value is -0.980. The molecule has 0 heterocycles. The Morgan fingerprint density at radius 3 is 1.96 bits per heavy atom. The minimum atomic E-state index is 0.758. The molecule has 0 amide bonds. The topological polar surface area (TPSA) is 9.23 Å². The molecule has 3 aliphatic carbocycles. The van der Waals surface area contributed by atoms with Gasteiger partial charge in [-0.25, -0.2) is 0 Å². The van der Waals surface area contributed by atoms with Crippen molar-refractivity contribution in [2.75, 3.05) is 6.61 Å². The van der Waals surface area contributed by atoms with Crippen molar-refractivity contribution in [1.29, 1.82) is 0 Å². The number of hydrogen-bond donors (Lipinski definition) is 0. The van der Waals surface area contributed by atoms with Crippen LogP contribution < -0.4 is 4.74 Å². The first-order chi connectivity index (χ1) is 13.3. The molecule has 1 aromatic carbocycles. The average molecular weight is 369 g/mol. The molecule has 4 rings (SSSR count). The lowest BCUT2D eigenvalue weighted by Crippen LogP contribution is -2.34. The van der Waals surface area contributed by atoms with Crippen molar-refractivity contribution < 1.29 is 4.74 Å². The molecule has 4 atom stereocenters. The van der Waals surface area contributed by atoms with Gasteiger partial charge in [-0.2, -0.15) is 0 Å². The normalized spacial score (nSPS) is 36.8. The predicted molar refractivity (Wildman–Crippen MR) is 114 cm³/mol. The summed E-state index contributed by atoms with van der Waals surface area (Å²) in [5.74, 6) is 7.02. The smallest absolute Gasteiger partial charge is 0.119 e. The third-order valence-electron chi connectivity index (χ3n) is 8.45. The summed E-state index contributed by atoms with van der Waals surface area (Å²) in [6.45, 7) is 5.20. The Balaban J connectivity index is 1.30. The van der Waals surface area contributed by atoms with Gasteiger partial charge in [0.2, 0.25) is 0 Å². The second kappa shape index (κ2) is 9.01. The zero-order chi connectivity index (χ0) is 18.6. The highest BCUT2D eigenvalue weighted by atomic mass is 16.5. The van der Waals surface area contributed by atoms with Crippen LogP contribution in [0.4, 0.5) is 0 Å². The van der Waals surface area contributed by atoms with Crippen LogP contribution in [0.25, 0.3) is 0 Å². The van der Waals surface area contributed by atoms with Crippen LogP contribution in [-0.2, 0) is 0 Å². The quantitative estimate of drug-likeness (QED) is 0.520. The molecule has 0 aliphatic heterocycles. The van der Waals surface area contributed by atoms with Gasteiger partial charge in [0.05, 0.1) is 6.61 Å². The van der Waals surface area contributed by atoms with Gasteiger partial charge in [0.25, 0.3) is 0 Å².